The normalized spacial score (nSPS) is 13.6. The van der Waals surface area contributed by atoms with Crippen LogP contribution in [0.2, 0.25) is 0 Å². The van der Waals surface area contributed by atoms with Crippen molar-refractivity contribution >= 4 is 0 Å². The zero-order valence-electron chi connectivity index (χ0n) is 17.5. The molecule has 0 aromatic heterocycles. The molecule has 0 saturated heterocycles. The van der Waals surface area contributed by atoms with E-state index in [2.05, 4.69) is 27.7 Å². The minimum Gasteiger partial charge on any atom is -1.00 e. The van der Waals surface area contributed by atoms with Crippen LogP contribution in [0.4, 0.5) is 0 Å². The Hall–Kier alpha value is 0.960. The third kappa shape index (κ3) is 19.0. The maximum absolute atomic E-state index is 6.11. The van der Waals surface area contributed by atoms with E-state index in [0.29, 0.717) is 12.2 Å². The van der Waals surface area contributed by atoms with Crippen molar-refractivity contribution in [2.24, 2.45) is 0 Å². The Labute approximate surface area is 165 Å². The Morgan fingerprint density at radius 3 is 1.27 bits per heavy atom. The fraction of sp³-hybridized carbons (Fsp3) is 1.00. The molecule has 0 heterocycles. The Morgan fingerprint density at radius 1 is 0.591 bits per heavy atom. The molecule has 0 fully saturated rings. The van der Waals surface area contributed by atoms with Gasteiger partial charge in [0.25, 0.3) is 0 Å². The Morgan fingerprint density at radius 2 is 0.909 bits per heavy atom. The molecule has 0 rings (SSSR count). The van der Waals surface area contributed by atoms with Gasteiger partial charge in [-0.25, -0.2) is 0 Å². The van der Waals surface area contributed by atoms with Crippen molar-refractivity contribution in [1.82, 2.24) is 0 Å². The standard InChI is InChI=1S/C20H42O.Na.H/c1-5-7-9-11-13-15-17-19(3)21-20(4)18-16-14-12-10-8-6-2;;/h19-20H,5-18H2,1-4H3;;/q;+1;-1. The summed E-state index contributed by atoms with van der Waals surface area (Å²) < 4.78 is 6.11. The molecule has 0 bridgehead atoms. The first-order valence-corrected chi connectivity index (χ1v) is 9.86. The summed E-state index contributed by atoms with van der Waals surface area (Å²) in [6.45, 7) is 9.07. The number of hydrogen-bond acceptors (Lipinski definition) is 1. The van der Waals surface area contributed by atoms with Crippen LogP contribution >= 0.6 is 0 Å². The molecule has 0 N–H and O–H groups in total. The smallest absolute Gasteiger partial charge is 1.00 e. The van der Waals surface area contributed by atoms with Gasteiger partial charge < -0.3 is 6.16 Å². The van der Waals surface area contributed by atoms with E-state index in [9.17, 15) is 0 Å². The molecule has 2 unspecified atom stereocenters. The van der Waals surface area contributed by atoms with Crippen LogP contribution in [-0.2, 0) is 4.74 Å². The predicted molar refractivity (Wildman–Crippen MR) is 97.1 cm³/mol. The number of rotatable bonds is 16. The topological polar surface area (TPSA) is 9.23 Å². The molecular formula is C20H43NaO. The van der Waals surface area contributed by atoms with E-state index in [-0.39, 0.29) is 31.0 Å². The number of unbranched alkanes of at least 4 members (excludes halogenated alkanes) is 10. The van der Waals surface area contributed by atoms with Gasteiger partial charge >= 0.3 is 29.6 Å². The summed E-state index contributed by atoms with van der Waals surface area (Å²) in [6, 6.07) is 0. The van der Waals surface area contributed by atoms with Crippen LogP contribution in [0.5, 0.6) is 0 Å². The molecule has 0 aliphatic carbocycles. The van der Waals surface area contributed by atoms with Crippen LogP contribution in [0.1, 0.15) is 119 Å². The van der Waals surface area contributed by atoms with Crippen LogP contribution in [-0.4, -0.2) is 12.2 Å². The summed E-state index contributed by atoms with van der Waals surface area (Å²) in [5.74, 6) is 0. The van der Waals surface area contributed by atoms with Crippen molar-refractivity contribution in [3.8, 4) is 0 Å². The first kappa shape index (κ1) is 25.2. The van der Waals surface area contributed by atoms with Crippen LogP contribution in [0.3, 0.4) is 0 Å². The Balaban J connectivity index is -0.00000200. The van der Waals surface area contributed by atoms with Gasteiger partial charge in [0.2, 0.25) is 0 Å². The number of hydrogen-bond donors (Lipinski definition) is 0. The van der Waals surface area contributed by atoms with Crippen molar-refractivity contribution in [3.63, 3.8) is 0 Å². The SMILES string of the molecule is CCCCCCCCC(C)OC(C)CCCCCCCC.[H-].[Na+]. The molecule has 0 radical (unpaired) electrons. The molecule has 2 heteroatoms. The molecule has 22 heavy (non-hydrogen) atoms. The van der Waals surface area contributed by atoms with Crippen molar-refractivity contribution in [3.05, 3.63) is 0 Å². The van der Waals surface area contributed by atoms with E-state index < -0.39 is 0 Å². The fourth-order valence-electron chi connectivity index (χ4n) is 2.96. The zero-order valence-corrected chi connectivity index (χ0v) is 18.5. The van der Waals surface area contributed by atoms with Crippen LogP contribution in [0.15, 0.2) is 0 Å². The van der Waals surface area contributed by atoms with Gasteiger partial charge in [0.15, 0.2) is 0 Å². The maximum atomic E-state index is 6.11. The predicted octanol–water partition coefficient (Wildman–Crippen LogP) is 4.40. The summed E-state index contributed by atoms with van der Waals surface area (Å²) in [5.41, 5.74) is 0. The second-order valence-corrected chi connectivity index (χ2v) is 6.87. The number of ether oxygens (including phenoxy) is 1. The van der Waals surface area contributed by atoms with Gasteiger partial charge in [-0.15, -0.1) is 0 Å². The summed E-state index contributed by atoms with van der Waals surface area (Å²) >= 11 is 0. The maximum Gasteiger partial charge on any atom is 1.00 e. The Bertz CT molecular complexity index is 182. The molecule has 0 spiro atoms. The van der Waals surface area contributed by atoms with Crippen LogP contribution < -0.4 is 29.6 Å². The monoisotopic (exact) mass is 322 g/mol. The molecule has 0 aromatic rings. The van der Waals surface area contributed by atoms with E-state index in [1.54, 1.807) is 0 Å². The molecule has 0 aliphatic rings. The summed E-state index contributed by atoms with van der Waals surface area (Å²) in [5, 5.41) is 0. The van der Waals surface area contributed by atoms with Gasteiger partial charge in [0.05, 0.1) is 12.2 Å². The molecule has 1 nitrogen and oxygen atoms in total. The minimum atomic E-state index is 0. The average molecular weight is 323 g/mol. The van der Waals surface area contributed by atoms with E-state index >= 15 is 0 Å². The summed E-state index contributed by atoms with van der Waals surface area (Å²) in [6.07, 6.45) is 20.0. The third-order valence-electron chi connectivity index (χ3n) is 4.39. The van der Waals surface area contributed by atoms with Crippen molar-refractivity contribution in [2.75, 3.05) is 0 Å². The van der Waals surface area contributed by atoms with Gasteiger partial charge in [-0.2, -0.15) is 0 Å². The van der Waals surface area contributed by atoms with Gasteiger partial charge in [0, 0.05) is 0 Å². The third-order valence-corrected chi connectivity index (χ3v) is 4.39. The largest absolute Gasteiger partial charge is 1.00 e. The quantitative estimate of drug-likeness (QED) is 0.302. The van der Waals surface area contributed by atoms with E-state index in [0.717, 1.165) is 0 Å². The van der Waals surface area contributed by atoms with Crippen LogP contribution in [0, 0.1) is 0 Å². The van der Waals surface area contributed by atoms with Gasteiger partial charge in [0.1, 0.15) is 0 Å². The molecule has 0 aliphatic heterocycles. The molecule has 0 amide bonds. The Kier molecular flexibility index (Phi) is 22.9. The van der Waals surface area contributed by atoms with Gasteiger partial charge in [-0.05, 0) is 26.7 Å². The molecule has 2 atom stereocenters. The van der Waals surface area contributed by atoms with Crippen LogP contribution in [0.25, 0.3) is 0 Å². The molecule has 0 aromatic carbocycles. The van der Waals surface area contributed by atoms with Gasteiger partial charge in [-0.1, -0.05) is 90.9 Å². The zero-order chi connectivity index (χ0) is 15.8. The molecular weight excluding hydrogens is 279 g/mol. The fourth-order valence-corrected chi connectivity index (χ4v) is 2.96. The second kappa shape index (κ2) is 20.0. The average Bonchev–Trinajstić information content (AvgIpc) is 2.46. The van der Waals surface area contributed by atoms with E-state index in [1.165, 1.54) is 89.9 Å². The minimum absolute atomic E-state index is 0. The first-order valence-electron chi connectivity index (χ1n) is 9.86. The van der Waals surface area contributed by atoms with Crippen molar-refractivity contribution in [2.45, 2.75) is 130 Å². The van der Waals surface area contributed by atoms with E-state index in [1.807, 2.05) is 0 Å². The summed E-state index contributed by atoms with van der Waals surface area (Å²) in [4.78, 5) is 0. The first-order chi connectivity index (χ1) is 10.2. The van der Waals surface area contributed by atoms with Crippen molar-refractivity contribution < 1.29 is 35.7 Å². The molecule has 130 valence electrons. The summed E-state index contributed by atoms with van der Waals surface area (Å²) in [7, 11) is 0. The van der Waals surface area contributed by atoms with E-state index in [4.69, 9.17) is 4.74 Å². The second-order valence-electron chi connectivity index (χ2n) is 6.87. The molecule has 0 saturated carbocycles. The van der Waals surface area contributed by atoms with Crippen molar-refractivity contribution in [1.29, 1.82) is 0 Å². The van der Waals surface area contributed by atoms with Gasteiger partial charge in [-0.3, -0.25) is 0 Å².